The van der Waals surface area contributed by atoms with Crippen molar-refractivity contribution in [2.45, 2.75) is 32.2 Å². The molecule has 0 aliphatic rings. The van der Waals surface area contributed by atoms with E-state index >= 15 is 0 Å². The molecular formula is C8H14N2O. The number of hydrogen-bond donors (Lipinski definition) is 1. The van der Waals surface area contributed by atoms with Crippen LogP contribution in [0, 0.1) is 0 Å². The molecule has 0 aliphatic heterocycles. The third-order valence-electron chi connectivity index (χ3n) is 1.51. The van der Waals surface area contributed by atoms with Crippen LogP contribution in [0.5, 0.6) is 0 Å². The van der Waals surface area contributed by atoms with Gasteiger partial charge in [-0.15, -0.1) is 0 Å². The quantitative estimate of drug-likeness (QED) is 0.714. The van der Waals surface area contributed by atoms with E-state index in [-0.39, 0.29) is 5.54 Å². The molecular weight excluding hydrogens is 140 g/mol. The van der Waals surface area contributed by atoms with E-state index in [0.29, 0.717) is 0 Å². The molecule has 1 aromatic rings. The van der Waals surface area contributed by atoms with E-state index in [9.17, 15) is 0 Å². The molecule has 0 amide bonds. The molecule has 1 aromatic heterocycles. The van der Waals surface area contributed by atoms with Gasteiger partial charge in [-0.2, -0.15) is 0 Å². The Hall–Kier alpha value is -0.830. The largest absolute Gasteiger partial charge is 0.361 e. The minimum absolute atomic E-state index is 0.118. The number of aryl methyl sites for hydroxylation is 1. The van der Waals surface area contributed by atoms with E-state index in [0.717, 1.165) is 18.6 Å². The summed E-state index contributed by atoms with van der Waals surface area (Å²) in [6, 6.07) is 1.87. The molecule has 0 unspecified atom stereocenters. The van der Waals surface area contributed by atoms with Gasteiger partial charge in [0.25, 0.3) is 0 Å². The highest BCUT2D eigenvalue weighted by Gasteiger charge is 2.11. The van der Waals surface area contributed by atoms with E-state index in [1.54, 1.807) is 6.20 Å². The topological polar surface area (TPSA) is 52.0 Å². The summed E-state index contributed by atoms with van der Waals surface area (Å²) in [5.74, 6) is 0.906. The average Bonchev–Trinajstić information content (AvgIpc) is 2.32. The Kier molecular flexibility index (Phi) is 2.29. The van der Waals surface area contributed by atoms with Crippen LogP contribution in [0.4, 0.5) is 0 Å². The van der Waals surface area contributed by atoms with Gasteiger partial charge in [0.05, 0.1) is 6.20 Å². The molecule has 11 heavy (non-hydrogen) atoms. The van der Waals surface area contributed by atoms with E-state index < -0.39 is 0 Å². The first-order valence-corrected chi connectivity index (χ1v) is 3.76. The van der Waals surface area contributed by atoms with Crippen LogP contribution in [0.25, 0.3) is 0 Å². The lowest BCUT2D eigenvalue weighted by Gasteiger charge is -2.16. The van der Waals surface area contributed by atoms with Crippen molar-refractivity contribution < 1.29 is 4.52 Å². The highest BCUT2D eigenvalue weighted by Crippen LogP contribution is 2.09. The fourth-order valence-electron chi connectivity index (χ4n) is 0.816. The first-order valence-electron chi connectivity index (χ1n) is 3.76. The fourth-order valence-corrected chi connectivity index (χ4v) is 0.816. The van der Waals surface area contributed by atoms with Gasteiger partial charge in [0.1, 0.15) is 5.76 Å². The van der Waals surface area contributed by atoms with Crippen molar-refractivity contribution in [2.75, 3.05) is 0 Å². The Morgan fingerprint density at radius 1 is 1.64 bits per heavy atom. The van der Waals surface area contributed by atoms with Crippen LogP contribution in [0.1, 0.15) is 26.0 Å². The Morgan fingerprint density at radius 3 is 2.82 bits per heavy atom. The normalized spacial score (nSPS) is 11.9. The first-order chi connectivity index (χ1) is 5.08. The lowest BCUT2D eigenvalue weighted by Crippen LogP contribution is -2.32. The van der Waals surface area contributed by atoms with Gasteiger partial charge in [0.15, 0.2) is 0 Å². The smallest absolute Gasteiger partial charge is 0.136 e. The maximum Gasteiger partial charge on any atom is 0.136 e. The summed E-state index contributed by atoms with van der Waals surface area (Å²) >= 11 is 0. The van der Waals surface area contributed by atoms with Crippen LogP contribution in [0.2, 0.25) is 0 Å². The maximum atomic E-state index is 5.79. The molecule has 62 valence electrons. The van der Waals surface area contributed by atoms with Crippen molar-refractivity contribution in [2.24, 2.45) is 5.73 Å². The van der Waals surface area contributed by atoms with E-state index in [4.69, 9.17) is 10.3 Å². The van der Waals surface area contributed by atoms with Crippen LogP contribution >= 0.6 is 0 Å². The second kappa shape index (κ2) is 3.05. The summed E-state index contributed by atoms with van der Waals surface area (Å²) in [6.45, 7) is 4.01. The lowest BCUT2D eigenvalue weighted by molar-refractivity contribution is 0.363. The summed E-state index contributed by atoms with van der Waals surface area (Å²) in [4.78, 5) is 0. The molecule has 0 aliphatic carbocycles. The van der Waals surface area contributed by atoms with Crippen molar-refractivity contribution in [3.63, 3.8) is 0 Å². The monoisotopic (exact) mass is 154 g/mol. The Balaban J connectivity index is 2.35. The molecule has 0 bridgehead atoms. The minimum atomic E-state index is -0.118. The maximum absolute atomic E-state index is 5.79. The number of aromatic nitrogens is 1. The van der Waals surface area contributed by atoms with Crippen molar-refractivity contribution in [1.29, 1.82) is 0 Å². The summed E-state index contributed by atoms with van der Waals surface area (Å²) < 4.78 is 4.92. The van der Waals surface area contributed by atoms with Crippen molar-refractivity contribution in [3.8, 4) is 0 Å². The predicted octanol–water partition coefficient (Wildman–Crippen LogP) is 1.34. The number of nitrogens with two attached hydrogens (primary N) is 1. The highest BCUT2D eigenvalue weighted by atomic mass is 16.5. The molecule has 0 aromatic carbocycles. The molecule has 1 rings (SSSR count). The standard InChI is InChI=1S/C8H14N2O/c1-8(2,9)5-3-7-4-6-10-11-7/h4,6H,3,5,9H2,1-2H3. The van der Waals surface area contributed by atoms with Gasteiger partial charge in [-0.25, -0.2) is 0 Å². The average molecular weight is 154 g/mol. The van der Waals surface area contributed by atoms with Gasteiger partial charge >= 0.3 is 0 Å². The number of rotatable bonds is 3. The molecule has 0 radical (unpaired) electrons. The van der Waals surface area contributed by atoms with E-state index in [1.807, 2.05) is 19.9 Å². The van der Waals surface area contributed by atoms with Gasteiger partial charge in [-0.3, -0.25) is 0 Å². The number of nitrogens with zero attached hydrogens (tertiary/aromatic N) is 1. The second-order valence-corrected chi connectivity index (χ2v) is 3.47. The molecule has 3 nitrogen and oxygen atoms in total. The Bertz CT molecular complexity index is 198. The number of hydrogen-bond acceptors (Lipinski definition) is 3. The molecule has 0 atom stereocenters. The molecule has 0 saturated carbocycles. The van der Waals surface area contributed by atoms with Crippen LogP contribution in [-0.2, 0) is 6.42 Å². The zero-order valence-electron chi connectivity index (χ0n) is 7.00. The van der Waals surface area contributed by atoms with Crippen molar-refractivity contribution >= 4 is 0 Å². The lowest BCUT2D eigenvalue weighted by atomic mass is 9.99. The summed E-state index contributed by atoms with van der Waals surface area (Å²) in [5, 5.41) is 3.61. The molecule has 2 N–H and O–H groups in total. The molecule has 0 saturated heterocycles. The van der Waals surface area contributed by atoms with Gasteiger partial charge in [0.2, 0.25) is 0 Å². The van der Waals surface area contributed by atoms with E-state index in [2.05, 4.69) is 5.16 Å². The highest BCUT2D eigenvalue weighted by molar-refractivity contribution is 4.94. The zero-order chi connectivity index (χ0) is 8.32. The first kappa shape index (κ1) is 8.27. The Morgan fingerprint density at radius 2 is 2.36 bits per heavy atom. The van der Waals surface area contributed by atoms with Crippen LogP contribution in [0.15, 0.2) is 16.8 Å². The third-order valence-corrected chi connectivity index (χ3v) is 1.51. The summed E-state index contributed by atoms with van der Waals surface area (Å²) in [5.41, 5.74) is 5.67. The van der Waals surface area contributed by atoms with Gasteiger partial charge in [0, 0.05) is 18.0 Å². The van der Waals surface area contributed by atoms with Crippen molar-refractivity contribution in [3.05, 3.63) is 18.0 Å². The molecule has 0 fully saturated rings. The fraction of sp³-hybridized carbons (Fsp3) is 0.625. The zero-order valence-corrected chi connectivity index (χ0v) is 7.00. The van der Waals surface area contributed by atoms with Crippen LogP contribution in [-0.4, -0.2) is 10.7 Å². The molecule has 0 spiro atoms. The summed E-state index contributed by atoms with van der Waals surface area (Å²) in [7, 11) is 0. The molecule has 3 heteroatoms. The Labute approximate surface area is 66.6 Å². The minimum Gasteiger partial charge on any atom is -0.361 e. The SMILES string of the molecule is CC(C)(N)CCc1ccno1. The molecule has 1 heterocycles. The van der Waals surface area contributed by atoms with Gasteiger partial charge in [-0.05, 0) is 20.3 Å². The van der Waals surface area contributed by atoms with E-state index in [1.165, 1.54) is 0 Å². The summed E-state index contributed by atoms with van der Waals surface area (Å²) in [6.07, 6.45) is 3.44. The predicted molar refractivity (Wildman–Crippen MR) is 43.1 cm³/mol. The second-order valence-electron chi connectivity index (χ2n) is 3.47. The van der Waals surface area contributed by atoms with Crippen LogP contribution in [0.3, 0.4) is 0 Å². The van der Waals surface area contributed by atoms with Crippen LogP contribution < -0.4 is 5.73 Å². The third kappa shape index (κ3) is 3.18. The van der Waals surface area contributed by atoms with Gasteiger partial charge < -0.3 is 10.3 Å². The van der Waals surface area contributed by atoms with Crippen molar-refractivity contribution in [1.82, 2.24) is 5.16 Å². The van der Waals surface area contributed by atoms with Gasteiger partial charge in [-0.1, -0.05) is 5.16 Å².